The maximum Gasteiger partial charge on any atom is 0.416 e. The predicted octanol–water partition coefficient (Wildman–Crippen LogP) is 3.02. The number of hydrogen-bond donors (Lipinski definition) is 2. The number of aliphatic imine (C=N–C) groups is 1. The zero-order valence-corrected chi connectivity index (χ0v) is 16.3. The summed E-state index contributed by atoms with van der Waals surface area (Å²) in [5.41, 5.74) is -0.00853. The first-order valence-electron chi connectivity index (χ1n) is 9.86. The van der Waals surface area contributed by atoms with E-state index in [-0.39, 0.29) is 12.1 Å². The Labute approximate surface area is 164 Å². The summed E-state index contributed by atoms with van der Waals surface area (Å²) in [5.74, 6) is 0.600. The summed E-state index contributed by atoms with van der Waals surface area (Å²) in [6.45, 7) is 4.76. The molecule has 0 aliphatic carbocycles. The summed E-state index contributed by atoms with van der Waals surface area (Å²) in [6.07, 6.45) is 0.0760. The van der Waals surface area contributed by atoms with Gasteiger partial charge >= 0.3 is 6.18 Å². The van der Waals surface area contributed by atoms with Gasteiger partial charge in [0.05, 0.1) is 5.56 Å². The van der Waals surface area contributed by atoms with Crippen LogP contribution in [-0.2, 0) is 17.5 Å². The van der Waals surface area contributed by atoms with Crippen LogP contribution < -0.4 is 10.6 Å². The molecule has 156 valence electrons. The molecule has 5 nitrogen and oxygen atoms in total. The van der Waals surface area contributed by atoms with Crippen LogP contribution in [0.1, 0.15) is 36.8 Å². The first-order valence-corrected chi connectivity index (χ1v) is 9.86. The smallest absolute Gasteiger partial charge is 0.381 e. The van der Waals surface area contributed by atoms with E-state index in [1.807, 2.05) is 0 Å². The van der Waals surface area contributed by atoms with E-state index < -0.39 is 11.7 Å². The van der Waals surface area contributed by atoms with Crippen molar-refractivity contribution in [1.29, 1.82) is 0 Å². The van der Waals surface area contributed by atoms with Crippen LogP contribution in [0.4, 0.5) is 13.2 Å². The van der Waals surface area contributed by atoms with E-state index in [2.05, 4.69) is 20.5 Å². The number of nitrogens with zero attached hydrogens (tertiary/aromatic N) is 2. The van der Waals surface area contributed by atoms with Crippen molar-refractivity contribution in [3.05, 3.63) is 35.4 Å². The van der Waals surface area contributed by atoms with E-state index in [0.29, 0.717) is 11.5 Å². The highest BCUT2D eigenvalue weighted by molar-refractivity contribution is 5.79. The largest absolute Gasteiger partial charge is 0.416 e. The minimum atomic E-state index is -4.33. The topological polar surface area (TPSA) is 48.9 Å². The number of rotatable bonds is 5. The number of alkyl halides is 3. The van der Waals surface area contributed by atoms with Gasteiger partial charge < -0.3 is 15.4 Å². The van der Waals surface area contributed by atoms with Crippen molar-refractivity contribution in [2.45, 2.75) is 43.9 Å². The van der Waals surface area contributed by atoms with Gasteiger partial charge in [-0.3, -0.25) is 9.89 Å². The normalized spacial score (nSPS) is 20.9. The highest BCUT2D eigenvalue weighted by Gasteiger charge is 2.39. The van der Waals surface area contributed by atoms with Crippen molar-refractivity contribution >= 4 is 5.96 Å². The average Bonchev–Trinajstić information content (AvgIpc) is 3.24. The van der Waals surface area contributed by atoms with Gasteiger partial charge in [0.2, 0.25) is 0 Å². The second-order valence-corrected chi connectivity index (χ2v) is 7.51. The molecule has 8 heteroatoms. The maximum absolute atomic E-state index is 12.9. The molecule has 2 aliphatic heterocycles. The molecule has 0 unspecified atom stereocenters. The van der Waals surface area contributed by atoms with E-state index in [1.165, 1.54) is 25.0 Å². The van der Waals surface area contributed by atoms with Gasteiger partial charge in [-0.1, -0.05) is 12.1 Å². The lowest BCUT2D eigenvalue weighted by molar-refractivity contribution is -0.137. The van der Waals surface area contributed by atoms with Crippen LogP contribution in [-0.4, -0.2) is 56.3 Å². The second kappa shape index (κ2) is 9.13. The molecule has 2 saturated heterocycles. The fourth-order valence-electron chi connectivity index (χ4n) is 4.06. The second-order valence-electron chi connectivity index (χ2n) is 7.51. The summed E-state index contributed by atoms with van der Waals surface area (Å²) in [7, 11) is 1.67. The molecule has 28 heavy (non-hydrogen) atoms. The lowest BCUT2D eigenvalue weighted by atomic mass is 9.88. The lowest BCUT2D eigenvalue weighted by Crippen LogP contribution is -2.58. The molecule has 0 saturated carbocycles. The molecule has 2 fully saturated rings. The molecular formula is C20H29F3N4O. The molecule has 3 rings (SSSR count). The molecule has 2 heterocycles. The fourth-order valence-corrected chi connectivity index (χ4v) is 4.06. The minimum absolute atomic E-state index is 0.0581. The highest BCUT2D eigenvalue weighted by atomic mass is 19.4. The Morgan fingerprint density at radius 2 is 1.89 bits per heavy atom. The summed E-state index contributed by atoms with van der Waals surface area (Å²) < 4.78 is 44.2. The van der Waals surface area contributed by atoms with Crippen molar-refractivity contribution in [2.24, 2.45) is 4.99 Å². The summed E-state index contributed by atoms with van der Waals surface area (Å²) in [4.78, 5) is 6.80. The Morgan fingerprint density at radius 3 is 2.54 bits per heavy atom. The molecular weight excluding hydrogens is 369 g/mol. The van der Waals surface area contributed by atoms with E-state index in [0.717, 1.165) is 51.8 Å². The predicted molar refractivity (Wildman–Crippen MR) is 103 cm³/mol. The third-order valence-electron chi connectivity index (χ3n) is 5.72. The van der Waals surface area contributed by atoms with Crippen LogP contribution in [0.15, 0.2) is 29.3 Å². The molecule has 2 aliphatic rings. The van der Waals surface area contributed by atoms with Gasteiger partial charge in [-0.25, -0.2) is 0 Å². The number of hydrogen-bond acceptors (Lipinski definition) is 3. The van der Waals surface area contributed by atoms with Gasteiger partial charge in [-0.05, 0) is 56.5 Å². The number of ether oxygens (including phenoxy) is 1. The quantitative estimate of drug-likeness (QED) is 0.591. The van der Waals surface area contributed by atoms with Crippen LogP contribution in [0.25, 0.3) is 0 Å². The summed E-state index contributed by atoms with van der Waals surface area (Å²) in [5, 5.41) is 6.52. The number of benzene rings is 1. The Bertz CT molecular complexity index is 666. The molecule has 0 spiro atoms. The Kier molecular flexibility index (Phi) is 6.82. The molecule has 0 aromatic heterocycles. The monoisotopic (exact) mass is 398 g/mol. The van der Waals surface area contributed by atoms with E-state index in [9.17, 15) is 13.2 Å². The molecule has 0 atom stereocenters. The van der Waals surface area contributed by atoms with Crippen molar-refractivity contribution in [1.82, 2.24) is 15.5 Å². The number of guanidine groups is 1. The number of nitrogens with one attached hydrogen (secondary N) is 2. The van der Waals surface area contributed by atoms with Gasteiger partial charge in [0.15, 0.2) is 5.96 Å². The Balaban J connectivity index is 1.58. The van der Waals surface area contributed by atoms with Gasteiger partial charge in [0.1, 0.15) is 0 Å². The molecule has 1 aromatic carbocycles. The SMILES string of the molecule is CN=C(NCc1cccc(C(F)(F)F)c1)NCC1(N2CCCC2)CCOCC1. The van der Waals surface area contributed by atoms with Crippen LogP contribution in [0.3, 0.4) is 0 Å². The van der Waals surface area contributed by atoms with Crippen molar-refractivity contribution < 1.29 is 17.9 Å². The third kappa shape index (κ3) is 5.17. The Morgan fingerprint density at radius 1 is 1.18 bits per heavy atom. The standard InChI is InChI=1S/C20H29F3N4O/c1-24-18(25-14-16-5-4-6-17(13-16)20(21,22)23)26-15-19(7-11-28-12-8-19)27-9-2-3-10-27/h4-6,13H,2-3,7-12,14-15H2,1H3,(H2,24,25,26). The zero-order chi connectivity index (χ0) is 20.0. The van der Waals surface area contributed by atoms with Crippen LogP contribution in [0.5, 0.6) is 0 Å². The van der Waals surface area contributed by atoms with Gasteiger partial charge in [-0.2, -0.15) is 13.2 Å². The van der Waals surface area contributed by atoms with E-state index in [1.54, 1.807) is 13.1 Å². The average molecular weight is 398 g/mol. The molecule has 0 amide bonds. The van der Waals surface area contributed by atoms with Crippen LogP contribution >= 0.6 is 0 Å². The van der Waals surface area contributed by atoms with Crippen LogP contribution in [0, 0.1) is 0 Å². The molecule has 2 N–H and O–H groups in total. The van der Waals surface area contributed by atoms with Gasteiger partial charge in [0.25, 0.3) is 0 Å². The van der Waals surface area contributed by atoms with Crippen LogP contribution in [0.2, 0.25) is 0 Å². The minimum Gasteiger partial charge on any atom is -0.381 e. The van der Waals surface area contributed by atoms with Crippen molar-refractivity contribution in [2.75, 3.05) is 39.9 Å². The first-order chi connectivity index (χ1) is 13.4. The number of likely N-dealkylation sites (tertiary alicyclic amines) is 1. The third-order valence-corrected chi connectivity index (χ3v) is 5.72. The lowest BCUT2D eigenvalue weighted by Gasteiger charge is -2.45. The molecule has 1 aromatic rings. The van der Waals surface area contributed by atoms with E-state index in [4.69, 9.17) is 4.74 Å². The highest BCUT2D eigenvalue weighted by Crippen LogP contribution is 2.31. The maximum atomic E-state index is 12.9. The number of halogens is 3. The van der Waals surface area contributed by atoms with Crippen molar-refractivity contribution in [3.63, 3.8) is 0 Å². The van der Waals surface area contributed by atoms with Gasteiger partial charge in [-0.15, -0.1) is 0 Å². The van der Waals surface area contributed by atoms with E-state index >= 15 is 0 Å². The van der Waals surface area contributed by atoms with Crippen molar-refractivity contribution in [3.8, 4) is 0 Å². The summed E-state index contributed by atoms with van der Waals surface area (Å²) in [6, 6.07) is 5.37. The zero-order valence-electron chi connectivity index (χ0n) is 16.3. The molecule has 0 bridgehead atoms. The molecule has 0 radical (unpaired) electrons. The van der Waals surface area contributed by atoms with Gasteiger partial charge in [0, 0.05) is 38.9 Å². The Hall–Kier alpha value is -1.80. The summed E-state index contributed by atoms with van der Waals surface area (Å²) >= 11 is 0. The fraction of sp³-hybridized carbons (Fsp3) is 0.650. The first kappa shape index (κ1) is 20.9.